The van der Waals surface area contributed by atoms with Gasteiger partial charge in [0.2, 0.25) is 5.91 Å². The molecule has 0 saturated carbocycles. The predicted octanol–water partition coefficient (Wildman–Crippen LogP) is 1.14. The molecule has 3 saturated heterocycles. The molecule has 27 heavy (non-hydrogen) atoms. The van der Waals surface area contributed by atoms with Crippen LogP contribution in [0.5, 0.6) is 0 Å². The highest BCUT2D eigenvalue weighted by atomic mass is 16.2. The van der Waals surface area contributed by atoms with Crippen molar-refractivity contribution >= 4 is 17.4 Å². The van der Waals surface area contributed by atoms with Crippen LogP contribution in [-0.4, -0.2) is 81.3 Å². The molecular formula is C19H27N7O. The summed E-state index contributed by atoms with van der Waals surface area (Å²) in [7, 11) is 0. The third-order valence-corrected chi connectivity index (χ3v) is 6.26. The number of amides is 1. The summed E-state index contributed by atoms with van der Waals surface area (Å²) in [6, 6.07) is 4.08. The molecule has 3 aliphatic rings. The van der Waals surface area contributed by atoms with E-state index in [1.807, 2.05) is 15.5 Å². The standard InChI is InChI=1S/C19H27N7O/c27-18-3-1-8-25(18)14-13-23-11-6-15(7-12-23)19-21-20-16-4-5-17(22-26(16)19)24-9-2-10-24/h4-5,15H,1-3,6-14H2. The fourth-order valence-corrected chi connectivity index (χ4v) is 4.38. The summed E-state index contributed by atoms with van der Waals surface area (Å²) in [6.07, 6.45) is 5.15. The molecule has 5 heterocycles. The second-order valence-corrected chi connectivity index (χ2v) is 7.96. The van der Waals surface area contributed by atoms with Crippen LogP contribution in [0.15, 0.2) is 12.1 Å². The molecule has 5 rings (SSSR count). The van der Waals surface area contributed by atoms with Gasteiger partial charge in [0, 0.05) is 45.1 Å². The number of piperidine rings is 1. The van der Waals surface area contributed by atoms with E-state index in [0.29, 0.717) is 11.8 Å². The Kier molecular flexibility index (Phi) is 4.43. The lowest BCUT2D eigenvalue weighted by Gasteiger charge is -2.33. The first-order valence-corrected chi connectivity index (χ1v) is 10.3. The summed E-state index contributed by atoms with van der Waals surface area (Å²) in [5.74, 6) is 2.76. The molecule has 1 amide bonds. The van der Waals surface area contributed by atoms with Gasteiger partial charge in [0.1, 0.15) is 5.82 Å². The summed E-state index contributed by atoms with van der Waals surface area (Å²) >= 11 is 0. The maximum atomic E-state index is 11.8. The average molecular weight is 369 g/mol. The van der Waals surface area contributed by atoms with Crippen molar-refractivity contribution in [3.8, 4) is 0 Å². The number of anilines is 1. The van der Waals surface area contributed by atoms with Crippen LogP contribution in [0.3, 0.4) is 0 Å². The minimum Gasteiger partial charge on any atom is -0.355 e. The molecule has 2 aromatic heterocycles. The molecule has 0 unspecified atom stereocenters. The second kappa shape index (κ2) is 7.07. The van der Waals surface area contributed by atoms with Gasteiger partial charge in [0.05, 0.1) is 0 Å². The van der Waals surface area contributed by atoms with E-state index in [-0.39, 0.29) is 0 Å². The Labute approximate surface area is 159 Å². The lowest BCUT2D eigenvalue weighted by molar-refractivity contribution is -0.127. The zero-order valence-electron chi connectivity index (χ0n) is 15.8. The number of hydrogen-bond acceptors (Lipinski definition) is 6. The number of carbonyl (C=O) groups excluding carboxylic acids is 1. The summed E-state index contributed by atoms with van der Waals surface area (Å²) < 4.78 is 1.96. The van der Waals surface area contributed by atoms with Crippen LogP contribution in [0.4, 0.5) is 5.82 Å². The van der Waals surface area contributed by atoms with Crippen molar-refractivity contribution in [2.24, 2.45) is 0 Å². The summed E-state index contributed by atoms with van der Waals surface area (Å²) in [5.41, 5.74) is 0.837. The lowest BCUT2D eigenvalue weighted by atomic mass is 9.96. The Hall–Kier alpha value is -2.22. The first-order valence-electron chi connectivity index (χ1n) is 10.3. The zero-order chi connectivity index (χ0) is 18.2. The Morgan fingerprint density at radius 2 is 1.81 bits per heavy atom. The average Bonchev–Trinajstić information content (AvgIpc) is 3.25. The molecule has 0 N–H and O–H groups in total. The maximum Gasteiger partial charge on any atom is 0.222 e. The largest absolute Gasteiger partial charge is 0.355 e. The van der Waals surface area contributed by atoms with Crippen molar-refractivity contribution in [2.45, 2.75) is 38.0 Å². The van der Waals surface area contributed by atoms with Gasteiger partial charge in [-0.2, -0.15) is 4.52 Å². The Morgan fingerprint density at radius 3 is 2.52 bits per heavy atom. The highest BCUT2D eigenvalue weighted by Crippen LogP contribution is 2.28. The third-order valence-electron chi connectivity index (χ3n) is 6.26. The fraction of sp³-hybridized carbons (Fsp3) is 0.684. The van der Waals surface area contributed by atoms with Gasteiger partial charge in [-0.25, -0.2) is 0 Å². The number of carbonyl (C=O) groups is 1. The number of fused-ring (bicyclic) bond motifs is 1. The number of hydrogen-bond donors (Lipinski definition) is 0. The van der Waals surface area contributed by atoms with E-state index < -0.39 is 0 Å². The maximum absolute atomic E-state index is 11.8. The molecule has 8 heteroatoms. The van der Waals surface area contributed by atoms with Crippen LogP contribution in [0, 0.1) is 0 Å². The molecule has 3 aliphatic heterocycles. The highest BCUT2D eigenvalue weighted by molar-refractivity contribution is 5.78. The van der Waals surface area contributed by atoms with Crippen molar-refractivity contribution in [3.63, 3.8) is 0 Å². The highest BCUT2D eigenvalue weighted by Gasteiger charge is 2.27. The molecule has 2 aromatic rings. The number of likely N-dealkylation sites (tertiary alicyclic amines) is 2. The Morgan fingerprint density at radius 1 is 0.963 bits per heavy atom. The van der Waals surface area contributed by atoms with E-state index in [0.717, 1.165) is 88.8 Å². The van der Waals surface area contributed by atoms with E-state index >= 15 is 0 Å². The molecule has 8 nitrogen and oxygen atoms in total. The molecule has 144 valence electrons. The summed E-state index contributed by atoms with van der Waals surface area (Å²) in [6.45, 7) is 7.07. The van der Waals surface area contributed by atoms with Gasteiger partial charge in [-0.05, 0) is 50.9 Å². The van der Waals surface area contributed by atoms with Crippen LogP contribution < -0.4 is 4.90 Å². The van der Waals surface area contributed by atoms with E-state index in [1.165, 1.54) is 6.42 Å². The molecule has 3 fully saturated rings. The third kappa shape index (κ3) is 3.26. The van der Waals surface area contributed by atoms with E-state index in [9.17, 15) is 4.79 Å². The van der Waals surface area contributed by atoms with Gasteiger partial charge < -0.3 is 14.7 Å². The van der Waals surface area contributed by atoms with Gasteiger partial charge in [-0.3, -0.25) is 4.79 Å². The van der Waals surface area contributed by atoms with Crippen molar-refractivity contribution in [1.82, 2.24) is 29.6 Å². The van der Waals surface area contributed by atoms with E-state index in [4.69, 9.17) is 5.10 Å². The summed E-state index contributed by atoms with van der Waals surface area (Å²) in [5, 5.41) is 13.6. The zero-order valence-corrected chi connectivity index (χ0v) is 15.8. The first-order chi connectivity index (χ1) is 13.3. The Bertz CT molecular complexity index is 823. The van der Waals surface area contributed by atoms with Gasteiger partial charge in [-0.15, -0.1) is 15.3 Å². The SMILES string of the molecule is O=C1CCCN1CCN1CCC(c2nnc3ccc(N4CCC4)nn23)CC1. The van der Waals surface area contributed by atoms with E-state index in [1.54, 1.807) is 0 Å². The smallest absolute Gasteiger partial charge is 0.222 e. The summed E-state index contributed by atoms with van der Waals surface area (Å²) in [4.78, 5) is 18.5. The molecule has 0 spiro atoms. The first kappa shape index (κ1) is 16.9. The monoisotopic (exact) mass is 369 g/mol. The van der Waals surface area contributed by atoms with Crippen molar-refractivity contribution in [2.75, 3.05) is 50.7 Å². The Balaban J connectivity index is 1.22. The number of nitrogens with zero attached hydrogens (tertiary/aromatic N) is 7. The van der Waals surface area contributed by atoms with Crippen LogP contribution >= 0.6 is 0 Å². The van der Waals surface area contributed by atoms with Crippen LogP contribution in [0.25, 0.3) is 5.65 Å². The van der Waals surface area contributed by atoms with E-state index in [2.05, 4.69) is 26.1 Å². The lowest BCUT2D eigenvalue weighted by Crippen LogP contribution is -2.40. The molecule has 0 atom stereocenters. The molecule has 0 aliphatic carbocycles. The minimum atomic E-state index is 0.323. The van der Waals surface area contributed by atoms with Gasteiger partial charge in [-0.1, -0.05) is 0 Å². The number of rotatable bonds is 5. The number of aromatic nitrogens is 4. The van der Waals surface area contributed by atoms with Crippen LogP contribution in [0.2, 0.25) is 0 Å². The minimum absolute atomic E-state index is 0.323. The van der Waals surface area contributed by atoms with Crippen molar-refractivity contribution in [3.05, 3.63) is 18.0 Å². The van der Waals surface area contributed by atoms with Crippen LogP contribution in [-0.2, 0) is 4.79 Å². The normalized spacial score (nSPS) is 22.0. The van der Waals surface area contributed by atoms with Gasteiger partial charge >= 0.3 is 0 Å². The van der Waals surface area contributed by atoms with Gasteiger partial charge in [0.15, 0.2) is 11.5 Å². The molecular weight excluding hydrogens is 342 g/mol. The van der Waals surface area contributed by atoms with Crippen molar-refractivity contribution < 1.29 is 4.79 Å². The fourth-order valence-electron chi connectivity index (χ4n) is 4.38. The quantitative estimate of drug-likeness (QED) is 0.787. The van der Waals surface area contributed by atoms with Crippen molar-refractivity contribution in [1.29, 1.82) is 0 Å². The predicted molar refractivity (Wildman–Crippen MR) is 102 cm³/mol. The van der Waals surface area contributed by atoms with Crippen LogP contribution in [0.1, 0.15) is 43.8 Å². The topological polar surface area (TPSA) is 69.9 Å². The van der Waals surface area contributed by atoms with Gasteiger partial charge in [0.25, 0.3) is 0 Å². The second-order valence-electron chi connectivity index (χ2n) is 7.96. The molecule has 0 aromatic carbocycles. The molecule has 0 bridgehead atoms. The molecule has 0 radical (unpaired) electrons.